The summed E-state index contributed by atoms with van der Waals surface area (Å²) in [6.45, 7) is 4.32. The standard InChI is InChI=1S/C9H16O3/c1-9(2)6(7(9)5-10)4-8(11)12-3/h6-7,10H,4-5H2,1-3H3. The fraction of sp³-hybridized carbons (Fsp3) is 0.889. The summed E-state index contributed by atoms with van der Waals surface area (Å²) in [6, 6.07) is 0. The summed E-state index contributed by atoms with van der Waals surface area (Å²) >= 11 is 0. The van der Waals surface area contributed by atoms with Gasteiger partial charge in [0, 0.05) is 13.0 Å². The highest BCUT2D eigenvalue weighted by Gasteiger charge is 2.57. The first kappa shape index (κ1) is 9.52. The second-order valence-corrected chi connectivity index (χ2v) is 4.00. The van der Waals surface area contributed by atoms with Gasteiger partial charge in [0.05, 0.1) is 7.11 Å². The topological polar surface area (TPSA) is 46.5 Å². The maximum Gasteiger partial charge on any atom is 0.305 e. The third-order valence-electron chi connectivity index (χ3n) is 3.10. The molecule has 1 N–H and O–H groups in total. The zero-order valence-electron chi connectivity index (χ0n) is 7.83. The summed E-state index contributed by atoms with van der Waals surface area (Å²) in [5.41, 5.74) is 0.114. The molecular weight excluding hydrogens is 156 g/mol. The van der Waals surface area contributed by atoms with Gasteiger partial charge in [-0.3, -0.25) is 4.79 Å². The highest BCUT2D eigenvalue weighted by Crippen LogP contribution is 2.59. The van der Waals surface area contributed by atoms with E-state index in [4.69, 9.17) is 5.11 Å². The molecule has 3 heteroatoms. The van der Waals surface area contributed by atoms with Crippen LogP contribution in [-0.2, 0) is 9.53 Å². The molecule has 0 heterocycles. The molecule has 12 heavy (non-hydrogen) atoms. The van der Waals surface area contributed by atoms with Crippen LogP contribution in [0.15, 0.2) is 0 Å². The average Bonchev–Trinajstić information content (AvgIpc) is 2.53. The summed E-state index contributed by atoms with van der Waals surface area (Å²) in [5, 5.41) is 8.95. The number of methoxy groups -OCH3 is 1. The Bertz CT molecular complexity index is 186. The Balaban J connectivity index is 2.42. The predicted molar refractivity (Wildman–Crippen MR) is 44.5 cm³/mol. The molecule has 3 nitrogen and oxygen atoms in total. The summed E-state index contributed by atoms with van der Waals surface area (Å²) < 4.78 is 4.57. The lowest BCUT2D eigenvalue weighted by Crippen LogP contribution is -2.03. The van der Waals surface area contributed by atoms with Crippen molar-refractivity contribution in [3.63, 3.8) is 0 Å². The average molecular weight is 172 g/mol. The first-order chi connectivity index (χ1) is 5.54. The van der Waals surface area contributed by atoms with Gasteiger partial charge in [0.1, 0.15) is 0 Å². The van der Waals surface area contributed by atoms with Gasteiger partial charge in [-0.15, -0.1) is 0 Å². The van der Waals surface area contributed by atoms with Crippen molar-refractivity contribution in [1.29, 1.82) is 0 Å². The van der Waals surface area contributed by atoms with E-state index in [1.54, 1.807) is 0 Å². The van der Waals surface area contributed by atoms with E-state index in [9.17, 15) is 4.79 Å². The molecule has 0 amide bonds. The van der Waals surface area contributed by atoms with Crippen molar-refractivity contribution in [2.45, 2.75) is 20.3 Å². The Morgan fingerprint density at radius 1 is 1.50 bits per heavy atom. The molecular formula is C9H16O3. The van der Waals surface area contributed by atoms with E-state index in [0.717, 1.165) is 0 Å². The van der Waals surface area contributed by atoms with Gasteiger partial charge in [0.2, 0.25) is 0 Å². The lowest BCUT2D eigenvalue weighted by molar-refractivity contribution is -0.141. The number of hydrogen-bond acceptors (Lipinski definition) is 3. The van der Waals surface area contributed by atoms with Crippen molar-refractivity contribution in [2.24, 2.45) is 17.3 Å². The molecule has 0 radical (unpaired) electrons. The number of ether oxygens (including phenoxy) is 1. The quantitative estimate of drug-likeness (QED) is 0.641. The van der Waals surface area contributed by atoms with E-state index >= 15 is 0 Å². The van der Waals surface area contributed by atoms with Crippen molar-refractivity contribution in [3.8, 4) is 0 Å². The van der Waals surface area contributed by atoms with E-state index in [1.807, 2.05) is 0 Å². The molecule has 0 aromatic rings. The van der Waals surface area contributed by atoms with Crippen molar-refractivity contribution in [2.75, 3.05) is 13.7 Å². The number of aliphatic hydroxyl groups excluding tert-OH is 1. The van der Waals surface area contributed by atoms with Crippen molar-refractivity contribution in [3.05, 3.63) is 0 Å². The summed E-state index contributed by atoms with van der Waals surface area (Å²) in [7, 11) is 1.39. The molecule has 1 aliphatic carbocycles. The van der Waals surface area contributed by atoms with Crippen LogP contribution in [0.5, 0.6) is 0 Å². The molecule has 0 spiro atoms. The number of carbonyl (C=O) groups is 1. The molecule has 1 aliphatic rings. The summed E-state index contributed by atoms with van der Waals surface area (Å²) in [4.78, 5) is 10.9. The minimum atomic E-state index is -0.177. The van der Waals surface area contributed by atoms with Crippen LogP contribution in [0.25, 0.3) is 0 Å². The van der Waals surface area contributed by atoms with E-state index in [0.29, 0.717) is 12.3 Å². The van der Waals surface area contributed by atoms with Gasteiger partial charge < -0.3 is 9.84 Å². The molecule has 0 bridgehead atoms. The van der Waals surface area contributed by atoms with Crippen LogP contribution in [0, 0.1) is 17.3 Å². The Morgan fingerprint density at radius 3 is 2.42 bits per heavy atom. The first-order valence-corrected chi connectivity index (χ1v) is 4.21. The molecule has 0 aliphatic heterocycles. The molecule has 70 valence electrons. The van der Waals surface area contributed by atoms with Crippen molar-refractivity contribution < 1.29 is 14.6 Å². The molecule has 0 saturated heterocycles. The summed E-state index contributed by atoms with van der Waals surface area (Å²) in [5.74, 6) is 0.399. The monoisotopic (exact) mass is 172 g/mol. The van der Waals surface area contributed by atoms with E-state index in [1.165, 1.54) is 7.11 Å². The van der Waals surface area contributed by atoms with Gasteiger partial charge in [-0.05, 0) is 17.3 Å². The second-order valence-electron chi connectivity index (χ2n) is 4.00. The lowest BCUT2D eigenvalue weighted by Gasteiger charge is -2.00. The second kappa shape index (κ2) is 3.05. The number of aliphatic hydroxyl groups is 1. The van der Waals surface area contributed by atoms with Crippen LogP contribution in [0.2, 0.25) is 0 Å². The van der Waals surface area contributed by atoms with Crippen LogP contribution >= 0.6 is 0 Å². The number of rotatable bonds is 3. The van der Waals surface area contributed by atoms with Crippen molar-refractivity contribution >= 4 is 5.97 Å². The zero-order valence-corrected chi connectivity index (χ0v) is 7.83. The van der Waals surface area contributed by atoms with Crippen molar-refractivity contribution in [1.82, 2.24) is 0 Å². The Kier molecular flexibility index (Phi) is 2.42. The molecule has 0 aromatic carbocycles. The van der Waals surface area contributed by atoms with Crippen LogP contribution in [0.3, 0.4) is 0 Å². The highest BCUT2D eigenvalue weighted by molar-refractivity contribution is 5.70. The van der Waals surface area contributed by atoms with E-state index < -0.39 is 0 Å². The SMILES string of the molecule is COC(=O)CC1C(CO)C1(C)C. The van der Waals surface area contributed by atoms with Gasteiger partial charge in [0.25, 0.3) is 0 Å². The van der Waals surface area contributed by atoms with Crippen LogP contribution in [0.4, 0.5) is 0 Å². The first-order valence-electron chi connectivity index (χ1n) is 4.21. The molecule has 1 saturated carbocycles. The third kappa shape index (κ3) is 1.46. The molecule has 1 fully saturated rings. The molecule has 1 rings (SSSR count). The fourth-order valence-corrected chi connectivity index (χ4v) is 1.89. The number of carbonyl (C=O) groups excluding carboxylic acids is 1. The number of esters is 1. The Hall–Kier alpha value is -0.570. The maximum absolute atomic E-state index is 10.9. The predicted octanol–water partition coefficient (Wildman–Crippen LogP) is 0.814. The summed E-state index contributed by atoms with van der Waals surface area (Å²) in [6.07, 6.45) is 0.439. The van der Waals surface area contributed by atoms with Gasteiger partial charge in [0.15, 0.2) is 0 Å². The highest BCUT2D eigenvalue weighted by atomic mass is 16.5. The third-order valence-corrected chi connectivity index (χ3v) is 3.10. The zero-order chi connectivity index (χ0) is 9.35. The van der Waals surface area contributed by atoms with E-state index in [2.05, 4.69) is 18.6 Å². The minimum absolute atomic E-state index is 0.114. The van der Waals surface area contributed by atoms with Crippen LogP contribution in [0.1, 0.15) is 20.3 Å². The van der Waals surface area contributed by atoms with Gasteiger partial charge in [-0.25, -0.2) is 0 Å². The van der Waals surface area contributed by atoms with Crippen LogP contribution in [-0.4, -0.2) is 24.8 Å². The van der Waals surface area contributed by atoms with Gasteiger partial charge in [-0.1, -0.05) is 13.8 Å². The fourth-order valence-electron chi connectivity index (χ4n) is 1.89. The smallest absolute Gasteiger partial charge is 0.305 e. The molecule has 2 atom stereocenters. The largest absolute Gasteiger partial charge is 0.469 e. The molecule has 2 unspecified atom stereocenters. The van der Waals surface area contributed by atoms with Gasteiger partial charge >= 0.3 is 5.97 Å². The van der Waals surface area contributed by atoms with E-state index in [-0.39, 0.29) is 23.9 Å². The Labute approximate surface area is 72.7 Å². The van der Waals surface area contributed by atoms with Crippen LogP contribution < -0.4 is 0 Å². The number of hydrogen-bond donors (Lipinski definition) is 1. The maximum atomic E-state index is 10.9. The lowest BCUT2D eigenvalue weighted by atomic mass is 10.1. The van der Waals surface area contributed by atoms with Gasteiger partial charge in [-0.2, -0.15) is 0 Å². The Morgan fingerprint density at radius 2 is 2.08 bits per heavy atom. The normalized spacial score (nSPS) is 31.3. The minimum Gasteiger partial charge on any atom is -0.469 e. The molecule has 0 aromatic heterocycles.